The minimum Gasteiger partial charge on any atom is -0.474 e. The second-order valence-electron chi connectivity index (χ2n) is 10.2. The van der Waals surface area contributed by atoms with Gasteiger partial charge in [-0.25, -0.2) is 4.98 Å². The first-order chi connectivity index (χ1) is 18.6. The third-order valence-electron chi connectivity index (χ3n) is 6.78. The van der Waals surface area contributed by atoms with Gasteiger partial charge in [0.2, 0.25) is 0 Å². The highest BCUT2D eigenvalue weighted by atomic mass is 19.4. The van der Waals surface area contributed by atoms with E-state index in [1.54, 1.807) is 6.07 Å². The molecule has 4 rings (SSSR count). The lowest BCUT2D eigenvalue weighted by molar-refractivity contribution is -0.275. The van der Waals surface area contributed by atoms with Crippen molar-refractivity contribution in [1.82, 2.24) is 15.6 Å². The van der Waals surface area contributed by atoms with Gasteiger partial charge in [-0.2, -0.15) is 13.2 Å². The first kappa shape index (κ1) is 29.3. The number of piperidine rings is 1. The number of hydrogen-bond acceptors (Lipinski definition) is 6. The van der Waals surface area contributed by atoms with Gasteiger partial charge in [-0.05, 0) is 63.8 Å². The Bertz CT molecular complexity index is 1200. The molecule has 1 aromatic heterocycles. The van der Waals surface area contributed by atoms with Crippen LogP contribution in [0.3, 0.4) is 0 Å². The number of benzene rings is 1. The van der Waals surface area contributed by atoms with E-state index in [4.69, 9.17) is 4.74 Å². The number of para-hydroxylation sites is 2. The molecule has 2 aliphatic heterocycles. The Morgan fingerprint density at radius 3 is 2.08 bits per heavy atom. The third-order valence-corrected chi connectivity index (χ3v) is 6.78. The lowest BCUT2D eigenvalue weighted by Crippen LogP contribution is -2.55. The molecule has 2 aliphatic rings. The molecule has 2 N–H and O–H groups in total. The number of carbonyl (C=O) groups excluding carboxylic acids is 2. The van der Waals surface area contributed by atoms with Crippen LogP contribution in [0.2, 0.25) is 0 Å². The summed E-state index contributed by atoms with van der Waals surface area (Å²) < 4.78 is 85.0. The molecule has 2 aromatic rings. The van der Waals surface area contributed by atoms with Crippen molar-refractivity contribution in [2.75, 3.05) is 11.4 Å². The lowest BCUT2D eigenvalue weighted by Gasteiger charge is -2.40. The van der Waals surface area contributed by atoms with E-state index in [0.29, 0.717) is 18.7 Å². The van der Waals surface area contributed by atoms with E-state index >= 15 is 0 Å². The van der Waals surface area contributed by atoms with Crippen molar-refractivity contribution in [3.8, 4) is 11.5 Å². The van der Waals surface area contributed by atoms with Crippen LogP contribution in [0, 0.1) is 0 Å². The van der Waals surface area contributed by atoms with Crippen molar-refractivity contribution in [2.24, 2.45) is 0 Å². The molecular formula is C26H28F6N4O4. The highest BCUT2D eigenvalue weighted by Gasteiger charge is 2.43. The van der Waals surface area contributed by atoms with Gasteiger partial charge in [0.05, 0.1) is 5.56 Å². The zero-order valence-corrected chi connectivity index (χ0v) is 21.6. The van der Waals surface area contributed by atoms with E-state index < -0.39 is 42.2 Å². The number of nitrogens with one attached hydrogen (secondary N) is 2. The Hall–Kier alpha value is -3.71. The molecule has 1 aromatic carbocycles. The highest BCUT2D eigenvalue weighted by Crippen LogP contribution is 2.39. The van der Waals surface area contributed by atoms with Crippen molar-refractivity contribution >= 4 is 17.6 Å². The van der Waals surface area contributed by atoms with Crippen LogP contribution in [0.15, 0.2) is 42.6 Å². The molecule has 14 heteroatoms. The number of pyridine rings is 1. The fourth-order valence-electron chi connectivity index (χ4n) is 5.05. The Labute approximate surface area is 226 Å². The van der Waals surface area contributed by atoms with Gasteiger partial charge in [-0.3, -0.25) is 9.59 Å². The van der Waals surface area contributed by atoms with Crippen LogP contribution in [-0.4, -0.2) is 59.6 Å². The summed E-state index contributed by atoms with van der Waals surface area (Å²) in [6, 6.07) is 8.03. The predicted octanol–water partition coefficient (Wildman–Crippen LogP) is 4.75. The topological polar surface area (TPSA) is 92.8 Å². The van der Waals surface area contributed by atoms with E-state index in [9.17, 15) is 35.9 Å². The normalized spacial score (nSPS) is 21.1. The molecule has 3 heterocycles. The molecule has 8 nitrogen and oxygen atoms in total. The smallest absolute Gasteiger partial charge is 0.474 e. The molecule has 0 radical (unpaired) electrons. The first-order valence-electron chi connectivity index (χ1n) is 12.6. The van der Waals surface area contributed by atoms with E-state index in [1.807, 2.05) is 5.32 Å². The Morgan fingerprint density at radius 1 is 0.950 bits per heavy atom. The molecule has 218 valence electrons. The molecule has 2 amide bonds. The maximum Gasteiger partial charge on any atom is 0.573 e. The molecule has 40 heavy (non-hydrogen) atoms. The molecule has 2 fully saturated rings. The van der Waals surface area contributed by atoms with Crippen LogP contribution >= 0.6 is 0 Å². The lowest BCUT2D eigenvalue weighted by atomic mass is 9.96. The standard InChI is InChI=1S/C26H28F6N4O4/c1-24(2,39-19-5-3-4-6-20(19)40-26(30,31)32)23(38)35-16-11-17-8-9-18(12-16)36(17)21-10-7-15(13-33-21)22(37)34-14-25(27,28)29/h3-7,10,13,16-18H,8-9,11-12,14H2,1-2H3,(H,34,37)(H,35,38)/t16?,17-,18+. The fourth-order valence-corrected chi connectivity index (χ4v) is 5.05. The SMILES string of the molecule is CC(C)(Oc1ccccc1OC(F)(F)F)C(=O)NC1C[C@H]2CC[C@@H](C1)N2c1ccc(C(=O)NCC(F)(F)F)cn1. The zero-order chi connectivity index (χ0) is 29.3. The third kappa shape index (κ3) is 7.27. The number of amides is 2. The van der Waals surface area contributed by atoms with Crippen LogP contribution in [-0.2, 0) is 4.79 Å². The van der Waals surface area contributed by atoms with Gasteiger partial charge in [-0.15, -0.1) is 13.2 Å². The summed E-state index contributed by atoms with van der Waals surface area (Å²) >= 11 is 0. The van der Waals surface area contributed by atoms with Crippen molar-refractivity contribution in [3.05, 3.63) is 48.2 Å². The molecule has 0 aliphatic carbocycles. The summed E-state index contributed by atoms with van der Waals surface area (Å²) in [6.45, 7) is 1.46. The Kier molecular flexibility index (Phi) is 8.08. The molecule has 3 atom stereocenters. The number of anilines is 1. The number of ether oxygens (including phenoxy) is 2. The van der Waals surface area contributed by atoms with Crippen LogP contribution in [0.25, 0.3) is 0 Å². The second-order valence-corrected chi connectivity index (χ2v) is 10.2. The number of fused-ring (bicyclic) bond motifs is 2. The van der Waals surface area contributed by atoms with Gasteiger partial charge in [0.25, 0.3) is 11.8 Å². The van der Waals surface area contributed by atoms with Gasteiger partial charge >= 0.3 is 12.5 Å². The van der Waals surface area contributed by atoms with Gasteiger partial charge in [0.15, 0.2) is 17.1 Å². The molecule has 2 bridgehead atoms. The summed E-state index contributed by atoms with van der Waals surface area (Å²) in [6.07, 6.45) is -5.41. The first-order valence-corrected chi connectivity index (χ1v) is 12.6. The summed E-state index contributed by atoms with van der Waals surface area (Å²) in [7, 11) is 0. The molecule has 2 saturated heterocycles. The van der Waals surface area contributed by atoms with Crippen molar-refractivity contribution in [3.63, 3.8) is 0 Å². The monoisotopic (exact) mass is 574 g/mol. The number of aromatic nitrogens is 1. The molecule has 0 saturated carbocycles. The van der Waals surface area contributed by atoms with Crippen molar-refractivity contribution in [2.45, 2.75) is 75.8 Å². The predicted molar refractivity (Wildman–Crippen MR) is 131 cm³/mol. The number of alkyl halides is 6. The van der Waals surface area contributed by atoms with Crippen LogP contribution in [0.4, 0.5) is 32.2 Å². The van der Waals surface area contributed by atoms with Crippen LogP contribution < -0.4 is 25.0 Å². The van der Waals surface area contributed by atoms with E-state index in [2.05, 4.69) is 19.9 Å². The number of nitrogens with zero attached hydrogens (tertiary/aromatic N) is 2. The number of hydrogen-bond donors (Lipinski definition) is 2. The molecule has 0 spiro atoms. The van der Waals surface area contributed by atoms with Crippen molar-refractivity contribution < 1.29 is 45.4 Å². The molecular weight excluding hydrogens is 546 g/mol. The Morgan fingerprint density at radius 2 is 1.55 bits per heavy atom. The average Bonchev–Trinajstić information content (AvgIpc) is 3.12. The van der Waals surface area contributed by atoms with Gasteiger partial charge < -0.3 is 25.0 Å². The number of halogens is 6. The summed E-state index contributed by atoms with van der Waals surface area (Å²) in [5.74, 6) is -1.58. The number of carbonyl (C=O) groups is 2. The largest absolute Gasteiger partial charge is 0.573 e. The minimum absolute atomic E-state index is 0.00642. The minimum atomic E-state index is -4.92. The Balaban J connectivity index is 1.36. The highest BCUT2D eigenvalue weighted by molar-refractivity contribution is 5.94. The summed E-state index contributed by atoms with van der Waals surface area (Å²) in [4.78, 5) is 31.5. The molecule has 1 unspecified atom stereocenters. The van der Waals surface area contributed by atoms with E-state index in [0.717, 1.165) is 18.9 Å². The van der Waals surface area contributed by atoms with Crippen LogP contribution in [0.1, 0.15) is 49.9 Å². The number of rotatable bonds is 8. The maximum absolute atomic E-state index is 13.1. The second kappa shape index (κ2) is 11.0. The van der Waals surface area contributed by atoms with Crippen molar-refractivity contribution in [1.29, 1.82) is 0 Å². The van der Waals surface area contributed by atoms with E-state index in [1.165, 1.54) is 44.3 Å². The maximum atomic E-state index is 13.1. The van der Waals surface area contributed by atoms with Crippen LogP contribution in [0.5, 0.6) is 11.5 Å². The zero-order valence-electron chi connectivity index (χ0n) is 21.6. The summed E-state index contributed by atoms with van der Waals surface area (Å²) in [5, 5.41) is 4.76. The quantitative estimate of drug-likeness (QED) is 0.443. The van der Waals surface area contributed by atoms with Gasteiger partial charge in [0.1, 0.15) is 12.4 Å². The average molecular weight is 575 g/mol. The van der Waals surface area contributed by atoms with Gasteiger partial charge in [0, 0.05) is 24.3 Å². The van der Waals surface area contributed by atoms with E-state index in [-0.39, 0.29) is 29.4 Å². The summed E-state index contributed by atoms with van der Waals surface area (Å²) in [5.41, 5.74) is -1.50. The fraction of sp³-hybridized carbons (Fsp3) is 0.500. The van der Waals surface area contributed by atoms with Gasteiger partial charge in [-0.1, -0.05) is 12.1 Å².